The van der Waals surface area contributed by atoms with Crippen LogP contribution in [0, 0.1) is 10.1 Å². The van der Waals surface area contributed by atoms with Gasteiger partial charge < -0.3 is 10.5 Å². The Balaban J connectivity index is 2.23. The Morgan fingerprint density at radius 2 is 1.85 bits per heavy atom. The number of nitro groups is 1. The smallest absolute Gasteiger partial charge is 0.274 e. The number of hydrogen-bond acceptors (Lipinski definition) is 4. The highest BCUT2D eigenvalue weighted by Gasteiger charge is 2.10. The quantitative estimate of drug-likeness (QED) is 0.671. The lowest BCUT2D eigenvalue weighted by Crippen LogP contribution is -2.04. The van der Waals surface area contributed by atoms with Gasteiger partial charge in [0.2, 0.25) is 0 Å². The molecule has 0 spiro atoms. The lowest BCUT2D eigenvalue weighted by Gasteiger charge is -2.09. The Kier molecular flexibility index (Phi) is 4.36. The molecule has 104 valence electrons. The van der Waals surface area contributed by atoms with Gasteiger partial charge in [0, 0.05) is 16.6 Å². The number of halogens is 1. The van der Waals surface area contributed by atoms with Crippen LogP contribution in [-0.2, 0) is 0 Å². The molecule has 0 fully saturated rings. The fraction of sp³-hybridized carbons (Fsp3) is 0.143. The van der Waals surface area contributed by atoms with E-state index >= 15 is 0 Å². The first-order valence-electron chi connectivity index (χ1n) is 5.94. The number of rotatable bonds is 4. The van der Waals surface area contributed by atoms with E-state index in [0.717, 1.165) is 5.56 Å². The van der Waals surface area contributed by atoms with Crippen molar-refractivity contribution in [3.05, 3.63) is 62.6 Å². The van der Waals surface area contributed by atoms with Gasteiger partial charge in [-0.25, -0.2) is 0 Å². The lowest BCUT2D eigenvalue weighted by molar-refractivity contribution is -0.385. The van der Waals surface area contributed by atoms with Gasteiger partial charge in [0.15, 0.2) is 0 Å². The highest BCUT2D eigenvalue weighted by molar-refractivity contribution is 9.10. The molecule has 0 bridgehead atoms. The van der Waals surface area contributed by atoms with Gasteiger partial charge >= 0.3 is 0 Å². The third kappa shape index (κ3) is 3.55. The predicted molar refractivity (Wildman–Crippen MR) is 79.9 cm³/mol. The van der Waals surface area contributed by atoms with E-state index in [1.165, 1.54) is 12.1 Å². The molecular weight excluding hydrogens is 324 g/mol. The summed E-state index contributed by atoms with van der Waals surface area (Å²) in [5.74, 6) is 1.00. The minimum atomic E-state index is -0.461. The molecular formula is C14H13BrN2O3. The van der Waals surface area contributed by atoms with Crippen LogP contribution < -0.4 is 10.5 Å². The number of nitrogens with zero attached hydrogens (tertiary/aromatic N) is 1. The van der Waals surface area contributed by atoms with Crippen LogP contribution >= 0.6 is 15.9 Å². The minimum absolute atomic E-state index is 0.0263. The summed E-state index contributed by atoms with van der Waals surface area (Å²) >= 11 is 3.22. The number of benzene rings is 2. The molecule has 0 amide bonds. The summed E-state index contributed by atoms with van der Waals surface area (Å²) in [6.45, 7) is 1.90. The molecule has 2 aromatic rings. The summed E-state index contributed by atoms with van der Waals surface area (Å²) in [6.07, 6.45) is 0. The Morgan fingerprint density at radius 3 is 2.40 bits per heavy atom. The second-order valence-corrected chi connectivity index (χ2v) is 5.28. The molecule has 0 saturated carbocycles. The number of hydrogen-bond donors (Lipinski definition) is 1. The molecule has 0 aliphatic carbocycles. The molecule has 0 aliphatic heterocycles. The van der Waals surface area contributed by atoms with E-state index in [0.29, 0.717) is 16.0 Å². The Morgan fingerprint density at radius 1 is 1.20 bits per heavy atom. The zero-order chi connectivity index (χ0) is 14.7. The predicted octanol–water partition coefficient (Wildman–Crippen LogP) is 4.17. The largest absolute Gasteiger partial charge is 0.457 e. The van der Waals surface area contributed by atoms with Crippen LogP contribution in [0.25, 0.3) is 0 Å². The Bertz CT molecular complexity index is 627. The van der Waals surface area contributed by atoms with Crippen molar-refractivity contribution in [2.24, 2.45) is 5.73 Å². The lowest BCUT2D eigenvalue weighted by atomic mass is 10.1. The van der Waals surface area contributed by atoms with Crippen molar-refractivity contribution < 1.29 is 9.66 Å². The van der Waals surface area contributed by atoms with Crippen LogP contribution in [0.2, 0.25) is 0 Å². The molecule has 2 rings (SSSR count). The number of nitro benzene ring substituents is 1. The van der Waals surface area contributed by atoms with E-state index < -0.39 is 4.92 Å². The Labute approximate surface area is 124 Å². The summed E-state index contributed by atoms with van der Waals surface area (Å²) in [7, 11) is 0. The summed E-state index contributed by atoms with van der Waals surface area (Å²) in [5.41, 5.74) is 6.74. The van der Waals surface area contributed by atoms with E-state index in [-0.39, 0.29) is 11.7 Å². The Hall–Kier alpha value is -1.92. The number of ether oxygens (including phenoxy) is 1. The van der Waals surface area contributed by atoms with Crippen molar-refractivity contribution in [3.63, 3.8) is 0 Å². The highest BCUT2D eigenvalue weighted by atomic mass is 79.9. The van der Waals surface area contributed by atoms with Gasteiger partial charge in [0.1, 0.15) is 11.5 Å². The minimum Gasteiger partial charge on any atom is -0.457 e. The molecule has 6 heteroatoms. The fourth-order valence-corrected chi connectivity index (χ4v) is 2.15. The molecule has 1 atom stereocenters. The average Bonchev–Trinajstić information content (AvgIpc) is 2.38. The summed E-state index contributed by atoms with van der Waals surface area (Å²) in [6, 6.07) is 11.7. The maximum atomic E-state index is 10.8. The maximum Gasteiger partial charge on any atom is 0.274 e. The molecule has 0 aromatic heterocycles. The van der Waals surface area contributed by atoms with Crippen molar-refractivity contribution in [1.29, 1.82) is 0 Å². The average molecular weight is 337 g/mol. The maximum absolute atomic E-state index is 10.8. The van der Waals surface area contributed by atoms with Crippen molar-refractivity contribution in [2.75, 3.05) is 0 Å². The van der Waals surface area contributed by atoms with Gasteiger partial charge in [0.05, 0.1) is 11.0 Å². The van der Waals surface area contributed by atoms with Gasteiger partial charge in [-0.2, -0.15) is 0 Å². The van der Waals surface area contributed by atoms with Gasteiger partial charge in [0.25, 0.3) is 5.69 Å². The number of nitrogens with two attached hydrogens (primary N) is 1. The van der Waals surface area contributed by atoms with Gasteiger partial charge in [-0.05, 0) is 30.7 Å². The summed E-state index contributed by atoms with van der Waals surface area (Å²) < 4.78 is 6.20. The van der Waals surface area contributed by atoms with Crippen molar-refractivity contribution in [3.8, 4) is 11.5 Å². The first-order chi connectivity index (χ1) is 9.45. The molecule has 0 heterocycles. The first-order valence-corrected chi connectivity index (χ1v) is 6.73. The van der Waals surface area contributed by atoms with E-state index in [9.17, 15) is 10.1 Å². The normalized spacial score (nSPS) is 11.9. The van der Waals surface area contributed by atoms with Crippen molar-refractivity contribution >= 4 is 21.6 Å². The molecule has 0 unspecified atom stereocenters. The van der Waals surface area contributed by atoms with Crippen molar-refractivity contribution in [1.82, 2.24) is 0 Å². The second kappa shape index (κ2) is 6.02. The molecule has 0 saturated heterocycles. The molecule has 5 nitrogen and oxygen atoms in total. The summed E-state index contributed by atoms with van der Waals surface area (Å²) in [4.78, 5) is 10.3. The van der Waals surface area contributed by atoms with Gasteiger partial charge in [-0.1, -0.05) is 28.1 Å². The van der Waals surface area contributed by atoms with Crippen molar-refractivity contribution in [2.45, 2.75) is 13.0 Å². The van der Waals surface area contributed by atoms with Crippen LogP contribution in [0.4, 0.5) is 5.69 Å². The molecule has 2 N–H and O–H groups in total. The number of non-ortho nitro benzene ring substituents is 1. The third-order valence-electron chi connectivity index (χ3n) is 2.71. The van der Waals surface area contributed by atoms with Crippen LogP contribution in [0.3, 0.4) is 0 Å². The zero-order valence-corrected chi connectivity index (χ0v) is 12.3. The molecule has 20 heavy (non-hydrogen) atoms. The van der Waals surface area contributed by atoms with Crippen LogP contribution in [0.15, 0.2) is 46.9 Å². The summed E-state index contributed by atoms with van der Waals surface area (Å²) in [5, 5.41) is 10.8. The van der Waals surface area contributed by atoms with E-state index in [2.05, 4.69) is 15.9 Å². The van der Waals surface area contributed by atoms with Crippen LogP contribution in [-0.4, -0.2) is 4.92 Å². The topological polar surface area (TPSA) is 78.4 Å². The third-order valence-corrected chi connectivity index (χ3v) is 3.17. The van der Waals surface area contributed by atoms with E-state index in [1.54, 1.807) is 18.2 Å². The van der Waals surface area contributed by atoms with Gasteiger partial charge in [-0.15, -0.1) is 0 Å². The first kappa shape index (κ1) is 14.5. The van der Waals surface area contributed by atoms with E-state index in [1.807, 2.05) is 19.1 Å². The zero-order valence-electron chi connectivity index (χ0n) is 10.7. The van der Waals surface area contributed by atoms with E-state index in [4.69, 9.17) is 10.5 Å². The van der Waals surface area contributed by atoms with Crippen LogP contribution in [0.5, 0.6) is 11.5 Å². The molecule has 0 radical (unpaired) electrons. The molecule has 0 aliphatic rings. The standard InChI is InChI=1S/C14H13BrN2O3/c1-9(16)10-2-4-13(5-3-10)20-14-7-11(15)6-12(8-14)17(18)19/h2-9H,16H2,1H3/t9-/m0/s1. The monoisotopic (exact) mass is 336 g/mol. The highest BCUT2D eigenvalue weighted by Crippen LogP contribution is 2.30. The van der Waals surface area contributed by atoms with Gasteiger partial charge in [-0.3, -0.25) is 10.1 Å². The SMILES string of the molecule is C[C@H](N)c1ccc(Oc2cc(Br)cc([N+](=O)[O-])c2)cc1. The van der Waals surface area contributed by atoms with Crippen LogP contribution in [0.1, 0.15) is 18.5 Å². The molecule has 2 aromatic carbocycles. The fourth-order valence-electron chi connectivity index (χ4n) is 1.69. The second-order valence-electron chi connectivity index (χ2n) is 4.36.